The number of nitrogens with two attached hydrogens (primary N) is 1. The second-order valence-corrected chi connectivity index (χ2v) is 8.19. The van der Waals surface area contributed by atoms with Gasteiger partial charge in [-0.05, 0) is 79.7 Å². The lowest BCUT2D eigenvalue weighted by Crippen LogP contribution is -2.12. The first kappa shape index (κ1) is 21.9. The molecule has 35 heavy (non-hydrogen) atoms. The number of aromatic nitrogens is 2. The second-order valence-electron chi connectivity index (χ2n) is 8.19. The first-order valence-electron chi connectivity index (χ1n) is 11.2. The Morgan fingerprint density at radius 2 is 1.49 bits per heavy atom. The van der Waals surface area contributed by atoms with E-state index in [4.69, 9.17) is 5.73 Å². The minimum atomic E-state index is -0.200. The molecule has 0 saturated heterocycles. The summed E-state index contributed by atoms with van der Waals surface area (Å²) in [5, 5.41) is 10.6. The standard InChI is InChI=1S/C28H24N6O/c1-18-14-24(10-12-30-18)32-22-6-3-7-23(17-22)34-28(35)19-4-2-5-21(15-19)33-27-11-13-31-26-9-8-20(29)16-25(26)27/h2-17H,29H2,1H3,(H,30,32)(H,31,33)(H,34,35). The van der Waals surface area contributed by atoms with Gasteiger partial charge in [-0.25, -0.2) is 0 Å². The molecule has 0 atom stereocenters. The molecule has 0 aliphatic rings. The highest BCUT2D eigenvalue weighted by atomic mass is 16.1. The summed E-state index contributed by atoms with van der Waals surface area (Å²) in [5.41, 5.74) is 13.1. The van der Waals surface area contributed by atoms with Crippen molar-refractivity contribution in [1.82, 2.24) is 9.97 Å². The number of anilines is 6. The number of aryl methyl sites for hydroxylation is 1. The van der Waals surface area contributed by atoms with Crippen LogP contribution in [-0.4, -0.2) is 15.9 Å². The first-order valence-corrected chi connectivity index (χ1v) is 11.2. The van der Waals surface area contributed by atoms with Gasteiger partial charge < -0.3 is 21.7 Å². The molecular weight excluding hydrogens is 436 g/mol. The third-order valence-corrected chi connectivity index (χ3v) is 5.48. The van der Waals surface area contributed by atoms with E-state index in [1.54, 1.807) is 18.5 Å². The Morgan fingerprint density at radius 3 is 2.34 bits per heavy atom. The second kappa shape index (κ2) is 9.52. The van der Waals surface area contributed by atoms with Gasteiger partial charge >= 0.3 is 0 Å². The average molecular weight is 461 g/mol. The monoisotopic (exact) mass is 460 g/mol. The molecule has 3 aromatic carbocycles. The molecule has 5 rings (SSSR count). The molecule has 0 saturated carbocycles. The zero-order valence-corrected chi connectivity index (χ0v) is 19.1. The van der Waals surface area contributed by atoms with Crippen molar-refractivity contribution in [2.75, 3.05) is 21.7 Å². The first-order chi connectivity index (χ1) is 17.0. The fourth-order valence-electron chi connectivity index (χ4n) is 3.83. The van der Waals surface area contributed by atoms with Gasteiger partial charge in [-0.2, -0.15) is 0 Å². The molecule has 0 unspecified atom stereocenters. The Labute approximate surface area is 203 Å². The fourth-order valence-corrected chi connectivity index (χ4v) is 3.83. The lowest BCUT2D eigenvalue weighted by molar-refractivity contribution is 0.102. The average Bonchev–Trinajstić information content (AvgIpc) is 2.85. The predicted octanol–water partition coefficient (Wildman–Crippen LogP) is 6.26. The number of nitrogens with one attached hydrogen (secondary N) is 3. The van der Waals surface area contributed by atoms with E-state index in [0.717, 1.165) is 39.3 Å². The van der Waals surface area contributed by atoms with Gasteiger partial charge in [-0.3, -0.25) is 14.8 Å². The van der Waals surface area contributed by atoms with Gasteiger partial charge in [0.25, 0.3) is 5.91 Å². The summed E-state index contributed by atoms with van der Waals surface area (Å²) < 4.78 is 0. The Hall–Kier alpha value is -4.91. The molecule has 0 radical (unpaired) electrons. The van der Waals surface area contributed by atoms with Gasteiger partial charge in [0.1, 0.15) is 0 Å². The van der Waals surface area contributed by atoms with Crippen LogP contribution in [0.1, 0.15) is 16.1 Å². The van der Waals surface area contributed by atoms with E-state index in [0.29, 0.717) is 16.9 Å². The summed E-state index contributed by atoms with van der Waals surface area (Å²) >= 11 is 0. The Balaban J connectivity index is 1.32. The fraction of sp³-hybridized carbons (Fsp3) is 0.0357. The van der Waals surface area contributed by atoms with Gasteiger partial charge in [0, 0.05) is 63.2 Å². The van der Waals surface area contributed by atoms with E-state index in [2.05, 4.69) is 25.9 Å². The Bertz CT molecular complexity index is 1530. The van der Waals surface area contributed by atoms with Crippen LogP contribution < -0.4 is 21.7 Å². The van der Waals surface area contributed by atoms with E-state index in [9.17, 15) is 4.79 Å². The predicted molar refractivity (Wildman–Crippen MR) is 143 cm³/mol. The zero-order chi connectivity index (χ0) is 24.2. The minimum absolute atomic E-state index is 0.200. The molecule has 7 nitrogen and oxygen atoms in total. The number of benzene rings is 3. The van der Waals surface area contributed by atoms with Gasteiger partial charge in [-0.1, -0.05) is 12.1 Å². The normalized spacial score (nSPS) is 10.7. The summed E-state index contributed by atoms with van der Waals surface area (Å²) in [7, 11) is 0. The summed E-state index contributed by atoms with van der Waals surface area (Å²) in [6, 6.07) is 26.3. The molecule has 2 heterocycles. The smallest absolute Gasteiger partial charge is 0.255 e. The van der Waals surface area contributed by atoms with Crippen LogP contribution in [0.2, 0.25) is 0 Å². The van der Waals surface area contributed by atoms with E-state index in [1.165, 1.54) is 0 Å². The highest BCUT2D eigenvalue weighted by Crippen LogP contribution is 2.27. The lowest BCUT2D eigenvalue weighted by atomic mass is 10.1. The van der Waals surface area contributed by atoms with Crippen LogP contribution in [0.15, 0.2) is 97.3 Å². The van der Waals surface area contributed by atoms with Crippen molar-refractivity contribution in [3.63, 3.8) is 0 Å². The minimum Gasteiger partial charge on any atom is -0.399 e. The number of nitrogens with zero attached hydrogens (tertiary/aromatic N) is 2. The molecule has 172 valence electrons. The number of carbonyl (C=O) groups is 1. The van der Waals surface area contributed by atoms with Crippen LogP contribution in [0.5, 0.6) is 0 Å². The number of nitrogen functional groups attached to an aromatic ring is 1. The Morgan fingerprint density at radius 1 is 0.743 bits per heavy atom. The van der Waals surface area contributed by atoms with Crippen molar-refractivity contribution in [3.8, 4) is 0 Å². The lowest BCUT2D eigenvalue weighted by Gasteiger charge is -2.12. The van der Waals surface area contributed by atoms with Crippen molar-refractivity contribution >= 4 is 50.9 Å². The summed E-state index contributed by atoms with van der Waals surface area (Å²) in [5.74, 6) is -0.200. The van der Waals surface area contributed by atoms with Crippen molar-refractivity contribution in [2.24, 2.45) is 0 Å². The molecule has 0 fully saturated rings. The maximum Gasteiger partial charge on any atom is 0.255 e. The SMILES string of the molecule is Cc1cc(Nc2cccc(NC(=O)c3cccc(Nc4ccnc5ccc(N)cc45)c3)c2)ccn1. The number of hydrogen-bond donors (Lipinski definition) is 4. The maximum absolute atomic E-state index is 13.0. The van der Waals surface area contributed by atoms with Gasteiger partial charge in [0.15, 0.2) is 0 Å². The molecule has 0 bridgehead atoms. The number of pyridine rings is 2. The molecular formula is C28H24N6O. The van der Waals surface area contributed by atoms with Crippen molar-refractivity contribution in [2.45, 2.75) is 6.92 Å². The molecule has 0 aliphatic carbocycles. The highest BCUT2D eigenvalue weighted by Gasteiger charge is 2.09. The Kier molecular flexibility index (Phi) is 5.96. The molecule has 5 aromatic rings. The molecule has 7 heteroatoms. The molecule has 5 N–H and O–H groups in total. The molecule has 0 aliphatic heterocycles. The van der Waals surface area contributed by atoms with Crippen LogP contribution in [0, 0.1) is 6.92 Å². The van der Waals surface area contributed by atoms with Crippen molar-refractivity contribution in [3.05, 3.63) is 109 Å². The van der Waals surface area contributed by atoms with Crippen LogP contribution in [-0.2, 0) is 0 Å². The zero-order valence-electron chi connectivity index (χ0n) is 19.1. The van der Waals surface area contributed by atoms with Crippen LogP contribution in [0.25, 0.3) is 10.9 Å². The van der Waals surface area contributed by atoms with E-state index in [-0.39, 0.29) is 5.91 Å². The third kappa shape index (κ3) is 5.20. The summed E-state index contributed by atoms with van der Waals surface area (Å²) in [6.45, 7) is 1.94. The number of carbonyl (C=O) groups excluding carboxylic acids is 1. The number of hydrogen-bond acceptors (Lipinski definition) is 6. The quantitative estimate of drug-likeness (QED) is 0.223. The largest absolute Gasteiger partial charge is 0.399 e. The van der Waals surface area contributed by atoms with E-state index >= 15 is 0 Å². The number of fused-ring (bicyclic) bond motifs is 1. The maximum atomic E-state index is 13.0. The summed E-state index contributed by atoms with van der Waals surface area (Å²) in [6.07, 6.45) is 3.50. The molecule has 0 spiro atoms. The van der Waals surface area contributed by atoms with Crippen LogP contribution in [0.4, 0.5) is 34.1 Å². The number of amides is 1. The van der Waals surface area contributed by atoms with E-state index in [1.807, 2.05) is 85.8 Å². The third-order valence-electron chi connectivity index (χ3n) is 5.48. The molecule has 1 amide bonds. The number of rotatable bonds is 6. The van der Waals surface area contributed by atoms with Crippen molar-refractivity contribution in [1.29, 1.82) is 0 Å². The van der Waals surface area contributed by atoms with Gasteiger partial charge in [0.2, 0.25) is 0 Å². The highest BCUT2D eigenvalue weighted by molar-refractivity contribution is 6.05. The molecule has 2 aromatic heterocycles. The topological polar surface area (TPSA) is 105 Å². The van der Waals surface area contributed by atoms with E-state index < -0.39 is 0 Å². The van der Waals surface area contributed by atoms with Crippen LogP contribution >= 0.6 is 0 Å². The van der Waals surface area contributed by atoms with Gasteiger partial charge in [0.05, 0.1) is 5.52 Å². The van der Waals surface area contributed by atoms with Crippen molar-refractivity contribution < 1.29 is 4.79 Å². The van der Waals surface area contributed by atoms with Crippen LogP contribution in [0.3, 0.4) is 0 Å². The summed E-state index contributed by atoms with van der Waals surface area (Å²) in [4.78, 5) is 21.6. The van der Waals surface area contributed by atoms with Gasteiger partial charge in [-0.15, -0.1) is 0 Å².